The molecular formula is C20H17FN4O5. The zero-order valence-electron chi connectivity index (χ0n) is 16.1. The SMILES string of the molecule is Cc1nn(-c2ccccc2)c(C)c1C(=O)OCC(=O)Nc1cc([N+](=O)[O-])ccc1F. The van der Waals surface area contributed by atoms with Crippen LogP contribution in [-0.4, -0.2) is 33.2 Å². The van der Waals surface area contributed by atoms with Crippen molar-refractivity contribution in [2.45, 2.75) is 13.8 Å². The van der Waals surface area contributed by atoms with Gasteiger partial charge < -0.3 is 10.1 Å². The molecule has 0 bridgehead atoms. The molecule has 3 aromatic rings. The third kappa shape index (κ3) is 4.32. The first-order valence-electron chi connectivity index (χ1n) is 8.80. The van der Waals surface area contributed by atoms with Gasteiger partial charge in [0.25, 0.3) is 11.6 Å². The molecule has 1 N–H and O–H groups in total. The largest absolute Gasteiger partial charge is 0.452 e. The second kappa shape index (κ2) is 8.52. The average Bonchev–Trinajstić information content (AvgIpc) is 3.02. The van der Waals surface area contributed by atoms with Crippen molar-refractivity contribution in [1.29, 1.82) is 0 Å². The molecule has 0 aliphatic rings. The first-order chi connectivity index (χ1) is 14.3. The van der Waals surface area contributed by atoms with Crippen molar-refractivity contribution >= 4 is 23.3 Å². The summed E-state index contributed by atoms with van der Waals surface area (Å²) in [6, 6.07) is 11.9. The Balaban J connectivity index is 1.69. The Hall–Kier alpha value is -4.08. The highest BCUT2D eigenvalue weighted by Gasteiger charge is 2.22. The second-order valence-corrected chi connectivity index (χ2v) is 6.34. The molecular weight excluding hydrogens is 395 g/mol. The average molecular weight is 412 g/mol. The van der Waals surface area contributed by atoms with Crippen molar-refractivity contribution in [3.63, 3.8) is 0 Å². The number of halogens is 1. The van der Waals surface area contributed by atoms with Crippen LogP contribution in [0.2, 0.25) is 0 Å². The lowest BCUT2D eigenvalue weighted by atomic mass is 10.2. The minimum absolute atomic E-state index is 0.216. The maximum absolute atomic E-state index is 13.8. The van der Waals surface area contributed by atoms with Crippen LogP contribution in [0.15, 0.2) is 48.5 Å². The highest BCUT2D eigenvalue weighted by molar-refractivity contribution is 5.96. The van der Waals surface area contributed by atoms with Crippen molar-refractivity contribution in [2.24, 2.45) is 0 Å². The molecule has 0 fully saturated rings. The van der Waals surface area contributed by atoms with Gasteiger partial charge in [0.1, 0.15) is 11.4 Å². The summed E-state index contributed by atoms with van der Waals surface area (Å²) < 4.78 is 20.4. The standard InChI is InChI=1S/C20H17FN4O5/c1-12-19(13(2)24(23-12)14-6-4-3-5-7-14)20(27)30-11-18(26)22-17-10-15(25(28)29)8-9-16(17)21/h3-10H,11H2,1-2H3,(H,22,26). The third-order valence-corrected chi connectivity index (χ3v) is 4.27. The van der Waals surface area contributed by atoms with Crippen LogP contribution in [0.4, 0.5) is 15.8 Å². The number of hydrogen-bond acceptors (Lipinski definition) is 6. The van der Waals surface area contributed by atoms with Gasteiger partial charge in [-0.25, -0.2) is 13.9 Å². The van der Waals surface area contributed by atoms with E-state index in [0.29, 0.717) is 11.4 Å². The van der Waals surface area contributed by atoms with E-state index >= 15 is 0 Å². The van der Waals surface area contributed by atoms with E-state index in [1.807, 2.05) is 30.3 Å². The van der Waals surface area contributed by atoms with Gasteiger partial charge in [-0.05, 0) is 32.0 Å². The van der Waals surface area contributed by atoms with E-state index in [4.69, 9.17) is 4.74 Å². The first kappa shape index (κ1) is 20.6. The summed E-state index contributed by atoms with van der Waals surface area (Å²) in [7, 11) is 0. The van der Waals surface area contributed by atoms with E-state index < -0.39 is 29.2 Å². The Morgan fingerprint density at radius 3 is 2.57 bits per heavy atom. The molecule has 1 aromatic heterocycles. The molecule has 0 saturated heterocycles. The summed E-state index contributed by atoms with van der Waals surface area (Å²) >= 11 is 0. The number of aromatic nitrogens is 2. The van der Waals surface area contributed by atoms with Crippen LogP contribution < -0.4 is 5.32 Å². The van der Waals surface area contributed by atoms with Crippen LogP contribution in [0.25, 0.3) is 5.69 Å². The molecule has 30 heavy (non-hydrogen) atoms. The van der Waals surface area contributed by atoms with Gasteiger partial charge in [0.05, 0.1) is 27.7 Å². The molecule has 0 atom stereocenters. The number of ether oxygens (including phenoxy) is 1. The first-order valence-corrected chi connectivity index (χ1v) is 8.80. The van der Waals surface area contributed by atoms with Crippen molar-refractivity contribution in [1.82, 2.24) is 9.78 Å². The smallest absolute Gasteiger partial charge is 0.342 e. The van der Waals surface area contributed by atoms with Crippen molar-refractivity contribution < 1.29 is 23.6 Å². The van der Waals surface area contributed by atoms with E-state index in [-0.39, 0.29) is 16.9 Å². The lowest BCUT2D eigenvalue weighted by Crippen LogP contribution is -2.22. The number of anilines is 1. The van der Waals surface area contributed by atoms with Gasteiger partial charge in [-0.1, -0.05) is 18.2 Å². The molecule has 0 saturated carbocycles. The highest BCUT2D eigenvalue weighted by Crippen LogP contribution is 2.22. The van der Waals surface area contributed by atoms with Crippen LogP contribution in [0.1, 0.15) is 21.7 Å². The summed E-state index contributed by atoms with van der Waals surface area (Å²) in [6.07, 6.45) is 0. The van der Waals surface area contributed by atoms with E-state index in [9.17, 15) is 24.1 Å². The number of carbonyl (C=O) groups excluding carboxylic acids is 2. The Morgan fingerprint density at radius 1 is 1.20 bits per heavy atom. The normalized spacial score (nSPS) is 10.5. The number of benzene rings is 2. The predicted octanol–water partition coefficient (Wildman–Crippen LogP) is 3.33. The number of nitro groups is 1. The third-order valence-electron chi connectivity index (χ3n) is 4.27. The molecule has 154 valence electrons. The number of nitrogens with one attached hydrogen (secondary N) is 1. The van der Waals surface area contributed by atoms with Gasteiger partial charge in [-0.2, -0.15) is 5.10 Å². The number of hydrogen-bond donors (Lipinski definition) is 1. The number of non-ortho nitro benzene ring substituents is 1. The molecule has 3 rings (SSSR count). The minimum atomic E-state index is -0.851. The fraction of sp³-hybridized carbons (Fsp3) is 0.150. The summed E-state index contributed by atoms with van der Waals surface area (Å²) in [5, 5.41) is 17.3. The Bertz CT molecular complexity index is 1130. The van der Waals surface area contributed by atoms with Crippen LogP contribution >= 0.6 is 0 Å². The quantitative estimate of drug-likeness (QED) is 0.377. The zero-order valence-corrected chi connectivity index (χ0v) is 16.1. The van der Waals surface area contributed by atoms with Gasteiger partial charge in [0.2, 0.25) is 0 Å². The van der Waals surface area contributed by atoms with Gasteiger partial charge in [0, 0.05) is 12.1 Å². The summed E-state index contributed by atoms with van der Waals surface area (Å²) in [4.78, 5) is 34.6. The Labute approximate surface area is 170 Å². The number of para-hydroxylation sites is 1. The summed E-state index contributed by atoms with van der Waals surface area (Å²) in [6.45, 7) is 2.64. The lowest BCUT2D eigenvalue weighted by molar-refractivity contribution is -0.384. The summed E-state index contributed by atoms with van der Waals surface area (Å²) in [5.41, 5.74) is 1.17. The molecule has 1 heterocycles. The maximum Gasteiger partial charge on any atom is 0.342 e. The monoisotopic (exact) mass is 412 g/mol. The molecule has 1 amide bonds. The maximum atomic E-state index is 13.8. The predicted molar refractivity (Wildman–Crippen MR) is 105 cm³/mol. The van der Waals surface area contributed by atoms with Crippen LogP contribution in [0.3, 0.4) is 0 Å². The number of rotatable bonds is 6. The van der Waals surface area contributed by atoms with Crippen LogP contribution in [0, 0.1) is 29.8 Å². The molecule has 10 heteroatoms. The van der Waals surface area contributed by atoms with Crippen molar-refractivity contribution in [3.05, 3.63) is 81.4 Å². The minimum Gasteiger partial charge on any atom is -0.452 e. The summed E-state index contributed by atoms with van der Waals surface area (Å²) in [5.74, 6) is -2.45. The topological polar surface area (TPSA) is 116 Å². The molecule has 0 aliphatic heterocycles. The molecule has 0 aliphatic carbocycles. The van der Waals surface area contributed by atoms with Crippen LogP contribution in [0.5, 0.6) is 0 Å². The van der Waals surface area contributed by atoms with E-state index in [2.05, 4.69) is 10.4 Å². The molecule has 2 aromatic carbocycles. The van der Waals surface area contributed by atoms with Crippen LogP contribution in [-0.2, 0) is 9.53 Å². The van der Waals surface area contributed by atoms with Crippen molar-refractivity contribution in [3.8, 4) is 5.69 Å². The van der Waals surface area contributed by atoms with Gasteiger partial charge in [0.15, 0.2) is 6.61 Å². The Kier molecular flexibility index (Phi) is 5.86. The second-order valence-electron chi connectivity index (χ2n) is 6.34. The van der Waals surface area contributed by atoms with E-state index in [1.165, 1.54) is 0 Å². The van der Waals surface area contributed by atoms with E-state index in [1.54, 1.807) is 18.5 Å². The molecule has 9 nitrogen and oxygen atoms in total. The number of nitro benzene ring substituents is 1. The van der Waals surface area contributed by atoms with Gasteiger partial charge in [-0.15, -0.1) is 0 Å². The number of carbonyl (C=O) groups is 2. The highest BCUT2D eigenvalue weighted by atomic mass is 19.1. The fourth-order valence-electron chi connectivity index (χ4n) is 2.87. The number of aryl methyl sites for hydroxylation is 1. The van der Waals surface area contributed by atoms with Gasteiger partial charge in [-0.3, -0.25) is 14.9 Å². The number of esters is 1. The van der Waals surface area contributed by atoms with Gasteiger partial charge >= 0.3 is 5.97 Å². The van der Waals surface area contributed by atoms with E-state index in [0.717, 1.165) is 23.9 Å². The molecule has 0 spiro atoms. The fourth-order valence-corrected chi connectivity index (χ4v) is 2.87. The molecule has 0 unspecified atom stereocenters. The number of nitrogens with zero attached hydrogens (tertiary/aromatic N) is 3. The molecule has 0 radical (unpaired) electrons. The number of amides is 1. The van der Waals surface area contributed by atoms with Crippen molar-refractivity contribution in [2.75, 3.05) is 11.9 Å². The Morgan fingerprint density at radius 2 is 1.90 bits per heavy atom. The lowest BCUT2D eigenvalue weighted by Gasteiger charge is -2.08. The zero-order chi connectivity index (χ0) is 21.8.